The number of alkyl halides is 1. The molecule has 0 aliphatic carbocycles. The summed E-state index contributed by atoms with van der Waals surface area (Å²) in [6, 6.07) is 4.80. The number of nitrogens with one attached hydrogen (secondary N) is 1. The summed E-state index contributed by atoms with van der Waals surface area (Å²) in [6.45, 7) is 7.24. The van der Waals surface area contributed by atoms with Gasteiger partial charge < -0.3 is 10.1 Å². The minimum Gasteiger partial charge on any atom is -0.476 e. The van der Waals surface area contributed by atoms with E-state index in [4.69, 9.17) is 16.3 Å². The molecule has 0 aromatic heterocycles. The van der Waals surface area contributed by atoms with E-state index in [2.05, 4.69) is 5.32 Å². The molecule has 0 radical (unpaired) electrons. The van der Waals surface area contributed by atoms with E-state index in [0.29, 0.717) is 23.5 Å². The van der Waals surface area contributed by atoms with E-state index in [1.54, 1.807) is 39.0 Å². The Kier molecular flexibility index (Phi) is 5.72. The summed E-state index contributed by atoms with van der Waals surface area (Å²) in [5.74, 6) is -0.403. The second-order valence-corrected chi connectivity index (χ2v) is 7.17. The zero-order valence-corrected chi connectivity index (χ0v) is 15.6. The zero-order valence-electron chi connectivity index (χ0n) is 14.9. The summed E-state index contributed by atoms with van der Waals surface area (Å²) >= 11 is 5.87. The third-order valence-corrected chi connectivity index (χ3v) is 4.09. The maximum absolute atomic E-state index is 12.7. The van der Waals surface area contributed by atoms with Crippen LogP contribution in [0.2, 0.25) is 0 Å². The number of ketones is 1. The van der Waals surface area contributed by atoms with Crippen molar-refractivity contribution in [2.24, 2.45) is 0 Å². The number of carbonyl (C=O) groups excluding carboxylic acids is 3. The molecule has 1 atom stereocenters. The van der Waals surface area contributed by atoms with Crippen molar-refractivity contribution in [3.8, 4) is 5.75 Å². The standard InChI is InChI=1S/C18H23ClN2O4/c1-5-8-20-15(22)10-21-13-9-12(16(23)11(2)19)6-7-14(13)25-18(3,4)17(21)24/h6-7,9,11H,5,8,10H2,1-4H3,(H,20,22). The third-order valence-electron chi connectivity index (χ3n) is 3.89. The second kappa shape index (κ2) is 7.44. The van der Waals surface area contributed by atoms with Crippen LogP contribution in [-0.2, 0) is 9.59 Å². The van der Waals surface area contributed by atoms with Gasteiger partial charge in [0, 0.05) is 12.1 Å². The molecule has 0 fully saturated rings. The first-order valence-corrected chi connectivity index (χ1v) is 8.71. The van der Waals surface area contributed by atoms with E-state index in [1.807, 2.05) is 6.92 Å². The summed E-state index contributed by atoms with van der Waals surface area (Å²) < 4.78 is 5.75. The molecule has 1 N–H and O–H groups in total. The number of hydrogen-bond acceptors (Lipinski definition) is 4. The fourth-order valence-electron chi connectivity index (χ4n) is 2.57. The average molecular weight is 367 g/mol. The van der Waals surface area contributed by atoms with E-state index < -0.39 is 11.0 Å². The van der Waals surface area contributed by atoms with Gasteiger partial charge in [0.1, 0.15) is 12.3 Å². The molecule has 7 heteroatoms. The van der Waals surface area contributed by atoms with Crippen LogP contribution in [0.5, 0.6) is 5.75 Å². The van der Waals surface area contributed by atoms with Crippen LogP contribution in [-0.4, -0.2) is 41.7 Å². The van der Waals surface area contributed by atoms with Gasteiger partial charge in [-0.1, -0.05) is 6.92 Å². The molecule has 1 unspecified atom stereocenters. The Labute approximate surface area is 152 Å². The van der Waals surface area contributed by atoms with E-state index in [9.17, 15) is 14.4 Å². The highest BCUT2D eigenvalue weighted by Gasteiger charge is 2.41. The molecule has 1 heterocycles. The number of halogens is 1. The van der Waals surface area contributed by atoms with Crippen molar-refractivity contribution in [2.75, 3.05) is 18.0 Å². The zero-order chi connectivity index (χ0) is 18.8. The molecule has 0 saturated carbocycles. The average Bonchev–Trinajstić information content (AvgIpc) is 2.55. The van der Waals surface area contributed by atoms with Crippen molar-refractivity contribution < 1.29 is 19.1 Å². The van der Waals surface area contributed by atoms with Gasteiger partial charge in [0.05, 0.1) is 11.1 Å². The molecule has 1 aliphatic heterocycles. The van der Waals surface area contributed by atoms with E-state index in [0.717, 1.165) is 6.42 Å². The van der Waals surface area contributed by atoms with Gasteiger partial charge in [0.2, 0.25) is 5.91 Å². The number of nitrogens with zero attached hydrogens (tertiary/aromatic N) is 1. The molecule has 1 aliphatic rings. The Morgan fingerprint density at radius 3 is 2.64 bits per heavy atom. The molecule has 0 saturated heterocycles. The molecular weight excluding hydrogens is 344 g/mol. The number of hydrogen-bond donors (Lipinski definition) is 1. The Morgan fingerprint density at radius 1 is 1.36 bits per heavy atom. The largest absolute Gasteiger partial charge is 0.476 e. The van der Waals surface area contributed by atoms with Crippen LogP contribution in [0, 0.1) is 0 Å². The summed E-state index contributed by atoms with van der Waals surface area (Å²) in [5, 5.41) is 2.07. The number of Topliss-reactive ketones (excluding diaryl/α,β-unsaturated/α-hetero) is 1. The lowest BCUT2D eigenvalue weighted by Gasteiger charge is -2.38. The first kappa shape index (κ1) is 19.2. The van der Waals surface area contributed by atoms with Gasteiger partial charge in [0.15, 0.2) is 11.4 Å². The molecule has 136 valence electrons. The van der Waals surface area contributed by atoms with Crippen LogP contribution in [0.1, 0.15) is 44.5 Å². The van der Waals surface area contributed by atoms with Crippen molar-refractivity contribution in [3.63, 3.8) is 0 Å². The van der Waals surface area contributed by atoms with Crippen LogP contribution >= 0.6 is 11.6 Å². The van der Waals surface area contributed by atoms with Gasteiger partial charge >= 0.3 is 0 Å². The number of fused-ring (bicyclic) bond motifs is 1. The highest BCUT2D eigenvalue weighted by Crippen LogP contribution is 2.38. The Bertz CT molecular complexity index is 700. The van der Waals surface area contributed by atoms with Gasteiger partial charge in [-0.3, -0.25) is 19.3 Å². The lowest BCUT2D eigenvalue weighted by atomic mass is 10.0. The Hall–Kier alpha value is -2.08. The molecular formula is C18H23ClN2O4. The van der Waals surface area contributed by atoms with Crippen LogP contribution in [0.15, 0.2) is 18.2 Å². The van der Waals surface area contributed by atoms with Gasteiger partial charge in [-0.15, -0.1) is 11.6 Å². The summed E-state index contributed by atoms with van der Waals surface area (Å²) in [6.07, 6.45) is 0.803. The summed E-state index contributed by atoms with van der Waals surface area (Å²) in [4.78, 5) is 38.4. The molecule has 0 spiro atoms. The van der Waals surface area contributed by atoms with Crippen LogP contribution < -0.4 is 15.0 Å². The van der Waals surface area contributed by atoms with Gasteiger partial charge in [-0.25, -0.2) is 0 Å². The molecule has 1 aromatic carbocycles. The second-order valence-electron chi connectivity index (χ2n) is 6.52. The quantitative estimate of drug-likeness (QED) is 0.620. The molecule has 6 nitrogen and oxygen atoms in total. The monoisotopic (exact) mass is 366 g/mol. The van der Waals surface area contributed by atoms with Crippen molar-refractivity contribution in [2.45, 2.75) is 45.1 Å². The fraction of sp³-hybridized carbons (Fsp3) is 0.500. The fourth-order valence-corrected chi connectivity index (χ4v) is 2.70. The number of carbonyl (C=O) groups is 3. The van der Waals surface area contributed by atoms with Crippen LogP contribution in [0.3, 0.4) is 0 Å². The highest BCUT2D eigenvalue weighted by atomic mass is 35.5. The number of anilines is 1. The van der Waals surface area contributed by atoms with Gasteiger partial charge in [-0.05, 0) is 45.4 Å². The van der Waals surface area contributed by atoms with Crippen molar-refractivity contribution in [3.05, 3.63) is 23.8 Å². The van der Waals surface area contributed by atoms with E-state index in [-0.39, 0.29) is 24.1 Å². The predicted molar refractivity (Wildman–Crippen MR) is 96.4 cm³/mol. The van der Waals surface area contributed by atoms with Gasteiger partial charge in [-0.2, -0.15) is 0 Å². The SMILES string of the molecule is CCCNC(=O)CN1C(=O)C(C)(C)Oc2ccc(C(=O)C(C)Cl)cc21. The highest BCUT2D eigenvalue weighted by molar-refractivity contribution is 6.33. The summed E-state index contributed by atoms with van der Waals surface area (Å²) in [5.41, 5.74) is -0.320. The first-order valence-electron chi connectivity index (χ1n) is 8.27. The van der Waals surface area contributed by atoms with Crippen LogP contribution in [0.4, 0.5) is 5.69 Å². The minimum atomic E-state index is -1.09. The summed E-state index contributed by atoms with van der Waals surface area (Å²) in [7, 11) is 0. The topological polar surface area (TPSA) is 75.7 Å². The first-order chi connectivity index (χ1) is 11.7. The molecule has 1 aromatic rings. The Morgan fingerprint density at radius 2 is 2.04 bits per heavy atom. The minimum absolute atomic E-state index is 0.132. The number of rotatable bonds is 6. The number of ether oxygens (including phenoxy) is 1. The molecule has 2 amide bonds. The predicted octanol–water partition coefficient (Wildman–Crippen LogP) is 2.53. The lowest BCUT2D eigenvalue weighted by Crippen LogP contribution is -2.55. The van der Waals surface area contributed by atoms with Crippen molar-refractivity contribution >= 4 is 34.9 Å². The van der Waals surface area contributed by atoms with E-state index >= 15 is 0 Å². The number of amides is 2. The third kappa shape index (κ3) is 4.12. The number of benzene rings is 1. The van der Waals surface area contributed by atoms with Crippen LogP contribution in [0.25, 0.3) is 0 Å². The Balaban J connectivity index is 2.41. The molecule has 0 bridgehead atoms. The smallest absolute Gasteiger partial charge is 0.271 e. The van der Waals surface area contributed by atoms with Crippen molar-refractivity contribution in [1.29, 1.82) is 0 Å². The lowest BCUT2D eigenvalue weighted by molar-refractivity contribution is -0.134. The van der Waals surface area contributed by atoms with Gasteiger partial charge in [0.25, 0.3) is 5.91 Å². The van der Waals surface area contributed by atoms with E-state index in [1.165, 1.54) is 4.90 Å². The maximum atomic E-state index is 12.7. The maximum Gasteiger partial charge on any atom is 0.271 e. The molecule has 25 heavy (non-hydrogen) atoms. The normalized spacial score (nSPS) is 16.7. The van der Waals surface area contributed by atoms with Crippen molar-refractivity contribution in [1.82, 2.24) is 5.32 Å². The molecule has 2 rings (SSSR count).